The van der Waals surface area contributed by atoms with Crippen molar-refractivity contribution in [1.29, 1.82) is 0 Å². The van der Waals surface area contributed by atoms with Gasteiger partial charge in [-0.2, -0.15) is 0 Å². The Hall–Kier alpha value is -3.18. The number of Topliss-reactive ketones (excluding diaryl/α,β-unsaturated/α-hetero) is 1. The Bertz CT molecular complexity index is 1150. The lowest BCUT2D eigenvalue weighted by atomic mass is 10.0. The summed E-state index contributed by atoms with van der Waals surface area (Å²) in [5.41, 5.74) is 4.95. The first kappa shape index (κ1) is 20.1. The highest BCUT2D eigenvalue weighted by atomic mass is 32.2. The molecule has 150 valence electrons. The minimum absolute atomic E-state index is 0.0631. The normalized spacial score (nSPS) is 12.0. The van der Waals surface area contributed by atoms with E-state index in [2.05, 4.69) is 10.2 Å². The van der Waals surface area contributed by atoms with Crippen molar-refractivity contribution in [3.8, 4) is 11.4 Å². The van der Waals surface area contributed by atoms with Crippen LogP contribution in [0.5, 0.6) is 0 Å². The van der Waals surface area contributed by atoms with Gasteiger partial charge in [0.25, 0.3) is 0 Å². The third-order valence-electron chi connectivity index (χ3n) is 5.04. The lowest BCUT2D eigenvalue weighted by Crippen LogP contribution is -2.11. The van der Waals surface area contributed by atoms with Crippen molar-refractivity contribution >= 4 is 17.5 Å². The summed E-state index contributed by atoms with van der Waals surface area (Å²) in [7, 11) is 1.94. The van der Waals surface area contributed by atoms with Crippen LogP contribution in [0.4, 0.5) is 0 Å². The smallest absolute Gasteiger partial charge is 0.192 e. The number of thioether (sulfide) groups is 1. The average Bonchev–Trinajstić information content (AvgIpc) is 3.13. The number of carbonyl (C=O) groups is 1. The van der Waals surface area contributed by atoms with E-state index in [9.17, 15) is 4.79 Å². The van der Waals surface area contributed by atoms with Crippen molar-refractivity contribution in [2.24, 2.45) is 7.05 Å². The first-order valence-electron chi connectivity index (χ1n) is 9.82. The fourth-order valence-electron chi connectivity index (χ4n) is 3.24. The Balaban J connectivity index is 1.70. The predicted octanol–water partition coefficient (Wildman–Crippen LogP) is 5.82. The van der Waals surface area contributed by atoms with E-state index < -0.39 is 5.25 Å². The van der Waals surface area contributed by atoms with Crippen molar-refractivity contribution in [1.82, 2.24) is 14.8 Å². The monoisotopic (exact) mass is 413 g/mol. The summed E-state index contributed by atoms with van der Waals surface area (Å²) in [6.45, 7) is 4.06. The zero-order valence-electron chi connectivity index (χ0n) is 17.2. The SMILES string of the molecule is Cc1ccc(C(=O)[C@H](Sc2nnc(-c3ccccc3)n2C)c2ccc(C)cc2)cc1. The van der Waals surface area contributed by atoms with Gasteiger partial charge in [0, 0.05) is 18.2 Å². The Kier molecular flexibility index (Phi) is 5.81. The second kappa shape index (κ2) is 8.67. The van der Waals surface area contributed by atoms with E-state index in [0.717, 1.165) is 28.1 Å². The molecule has 30 heavy (non-hydrogen) atoms. The van der Waals surface area contributed by atoms with Crippen molar-refractivity contribution < 1.29 is 4.79 Å². The molecule has 5 heteroatoms. The Labute approximate surface area is 181 Å². The summed E-state index contributed by atoms with van der Waals surface area (Å²) >= 11 is 1.44. The van der Waals surface area contributed by atoms with E-state index in [1.165, 1.54) is 11.8 Å². The molecule has 0 aliphatic heterocycles. The van der Waals surface area contributed by atoms with E-state index in [4.69, 9.17) is 0 Å². The summed E-state index contributed by atoms with van der Waals surface area (Å²) in [6, 6.07) is 25.8. The maximum atomic E-state index is 13.5. The molecule has 1 heterocycles. The van der Waals surface area contributed by atoms with Gasteiger partial charge < -0.3 is 4.57 Å². The quantitative estimate of drug-likeness (QED) is 0.295. The van der Waals surface area contributed by atoms with Crippen LogP contribution in [0.3, 0.4) is 0 Å². The maximum absolute atomic E-state index is 13.5. The number of benzene rings is 3. The van der Waals surface area contributed by atoms with E-state index in [0.29, 0.717) is 10.7 Å². The molecule has 0 N–H and O–H groups in total. The van der Waals surface area contributed by atoms with E-state index in [1.807, 2.05) is 104 Å². The minimum atomic E-state index is -0.403. The summed E-state index contributed by atoms with van der Waals surface area (Å²) in [4.78, 5) is 13.5. The highest BCUT2D eigenvalue weighted by molar-refractivity contribution is 8.00. The molecule has 0 amide bonds. The van der Waals surface area contributed by atoms with Gasteiger partial charge >= 0.3 is 0 Å². The Morgan fingerprint density at radius 3 is 2.07 bits per heavy atom. The lowest BCUT2D eigenvalue weighted by Gasteiger charge is -2.16. The Morgan fingerprint density at radius 1 is 0.833 bits per heavy atom. The van der Waals surface area contributed by atoms with Crippen LogP contribution in [-0.2, 0) is 7.05 Å². The zero-order chi connectivity index (χ0) is 21.1. The minimum Gasteiger partial charge on any atom is -0.305 e. The number of hydrogen-bond donors (Lipinski definition) is 0. The molecule has 0 spiro atoms. The van der Waals surface area contributed by atoms with Crippen LogP contribution >= 0.6 is 11.8 Å². The lowest BCUT2D eigenvalue weighted by molar-refractivity contribution is 0.0989. The molecule has 1 aromatic heterocycles. The number of ketones is 1. The summed E-state index contributed by atoms with van der Waals surface area (Å²) in [5.74, 6) is 0.844. The van der Waals surface area contributed by atoms with Crippen LogP contribution in [0, 0.1) is 13.8 Å². The molecule has 0 radical (unpaired) electrons. The molecule has 0 bridgehead atoms. The van der Waals surface area contributed by atoms with Crippen LogP contribution in [0.25, 0.3) is 11.4 Å². The van der Waals surface area contributed by atoms with Gasteiger partial charge in [0.2, 0.25) is 0 Å². The van der Waals surface area contributed by atoms with Gasteiger partial charge in [-0.3, -0.25) is 4.79 Å². The van der Waals surface area contributed by atoms with E-state index in [-0.39, 0.29) is 5.78 Å². The van der Waals surface area contributed by atoms with Gasteiger partial charge in [0.1, 0.15) is 5.25 Å². The van der Waals surface area contributed by atoms with Gasteiger partial charge in [-0.1, -0.05) is 102 Å². The highest BCUT2D eigenvalue weighted by Crippen LogP contribution is 2.38. The molecule has 0 saturated heterocycles. The molecule has 0 saturated carbocycles. The molecule has 0 aliphatic carbocycles. The number of hydrogen-bond acceptors (Lipinski definition) is 4. The van der Waals surface area contributed by atoms with Crippen LogP contribution in [0.1, 0.15) is 32.3 Å². The van der Waals surface area contributed by atoms with E-state index >= 15 is 0 Å². The predicted molar refractivity (Wildman–Crippen MR) is 122 cm³/mol. The molecule has 3 aromatic carbocycles. The average molecular weight is 414 g/mol. The molecular weight excluding hydrogens is 390 g/mol. The number of carbonyl (C=O) groups excluding carboxylic acids is 1. The summed E-state index contributed by atoms with van der Waals surface area (Å²) in [6.07, 6.45) is 0. The highest BCUT2D eigenvalue weighted by Gasteiger charge is 2.26. The second-order valence-electron chi connectivity index (χ2n) is 7.37. The van der Waals surface area contributed by atoms with Gasteiger partial charge in [0.15, 0.2) is 16.8 Å². The summed E-state index contributed by atoms with van der Waals surface area (Å²) < 4.78 is 1.95. The largest absolute Gasteiger partial charge is 0.305 e. The van der Waals surface area contributed by atoms with Crippen molar-refractivity contribution in [2.45, 2.75) is 24.3 Å². The number of rotatable bonds is 6. The standard InChI is InChI=1S/C25H23N3OS/c1-17-9-13-19(14-10-17)22(29)23(20-15-11-18(2)12-16-20)30-25-27-26-24(28(25)3)21-7-5-4-6-8-21/h4-16,23H,1-3H3/t23-/m1/s1. The Morgan fingerprint density at radius 2 is 1.43 bits per heavy atom. The van der Waals surface area contributed by atoms with Gasteiger partial charge in [-0.05, 0) is 19.4 Å². The van der Waals surface area contributed by atoms with Crippen molar-refractivity contribution in [3.63, 3.8) is 0 Å². The molecule has 1 atom stereocenters. The summed E-state index contributed by atoms with van der Waals surface area (Å²) in [5, 5.41) is 9.07. The molecular formula is C25H23N3OS. The van der Waals surface area contributed by atoms with Crippen LogP contribution in [0.2, 0.25) is 0 Å². The molecule has 0 fully saturated rings. The van der Waals surface area contributed by atoms with Gasteiger partial charge in [-0.15, -0.1) is 10.2 Å². The second-order valence-corrected chi connectivity index (χ2v) is 8.44. The molecule has 4 nitrogen and oxygen atoms in total. The first-order valence-corrected chi connectivity index (χ1v) is 10.7. The molecule has 0 unspecified atom stereocenters. The van der Waals surface area contributed by atoms with Crippen LogP contribution in [-0.4, -0.2) is 20.5 Å². The molecule has 4 aromatic rings. The van der Waals surface area contributed by atoms with Gasteiger partial charge in [0.05, 0.1) is 0 Å². The third-order valence-corrected chi connectivity index (χ3v) is 6.33. The fourth-order valence-corrected chi connectivity index (χ4v) is 4.32. The maximum Gasteiger partial charge on any atom is 0.192 e. The van der Waals surface area contributed by atoms with Crippen molar-refractivity contribution in [2.75, 3.05) is 0 Å². The molecule has 0 aliphatic rings. The fraction of sp³-hybridized carbons (Fsp3) is 0.160. The van der Waals surface area contributed by atoms with Crippen LogP contribution in [0.15, 0.2) is 84.0 Å². The number of aryl methyl sites for hydroxylation is 2. The van der Waals surface area contributed by atoms with Gasteiger partial charge in [-0.25, -0.2) is 0 Å². The van der Waals surface area contributed by atoms with Crippen molar-refractivity contribution in [3.05, 3.63) is 101 Å². The number of nitrogens with zero attached hydrogens (tertiary/aromatic N) is 3. The first-order chi connectivity index (χ1) is 14.5. The molecule has 4 rings (SSSR count). The van der Waals surface area contributed by atoms with E-state index in [1.54, 1.807) is 0 Å². The number of aromatic nitrogens is 3. The topological polar surface area (TPSA) is 47.8 Å². The van der Waals surface area contributed by atoms with Crippen LogP contribution < -0.4 is 0 Å². The zero-order valence-corrected chi connectivity index (χ0v) is 18.1. The third kappa shape index (κ3) is 4.21.